The van der Waals surface area contributed by atoms with Crippen molar-refractivity contribution in [3.05, 3.63) is 65.2 Å². The van der Waals surface area contributed by atoms with Crippen LogP contribution in [0.3, 0.4) is 0 Å². The summed E-state index contributed by atoms with van der Waals surface area (Å²) in [4.78, 5) is 13.1. The van der Waals surface area contributed by atoms with E-state index in [2.05, 4.69) is 5.32 Å². The molecule has 0 aliphatic carbocycles. The highest BCUT2D eigenvalue weighted by Crippen LogP contribution is 2.25. The van der Waals surface area contributed by atoms with Crippen molar-refractivity contribution in [3.8, 4) is 0 Å². The minimum atomic E-state index is -3.58. The van der Waals surface area contributed by atoms with Gasteiger partial charge in [-0.1, -0.05) is 48.9 Å². The van der Waals surface area contributed by atoms with Gasteiger partial charge in [-0.15, -0.1) is 0 Å². The van der Waals surface area contributed by atoms with Gasteiger partial charge in [0, 0.05) is 18.1 Å². The molecule has 150 valence electrons. The number of rotatable bonds is 6. The Bertz CT molecular complexity index is 901. The van der Waals surface area contributed by atoms with E-state index in [9.17, 15) is 13.2 Å². The average Bonchev–Trinajstić information content (AvgIpc) is 2.73. The molecule has 0 saturated carbocycles. The van der Waals surface area contributed by atoms with Crippen molar-refractivity contribution in [3.63, 3.8) is 0 Å². The molecule has 1 fully saturated rings. The quantitative estimate of drug-likeness (QED) is 0.767. The van der Waals surface area contributed by atoms with Crippen molar-refractivity contribution in [2.75, 3.05) is 13.1 Å². The molecule has 28 heavy (non-hydrogen) atoms. The van der Waals surface area contributed by atoms with Crippen LogP contribution in [0.2, 0.25) is 5.02 Å². The fraction of sp³-hybridized carbons (Fsp3) is 0.381. The zero-order valence-corrected chi connectivity index (χ0v) is 17.4. The SMILES string of the molecule is CCC(NC(=O)C1CCCN(S(=O)(=O)c2ccccc2)C1)c1ccc(Cl)cc1. The number of nitrogens with zero attached hydrogens (tertiary/aromatic N) is 1. The monoisotopic (exact) mass is 420 g/mol. The maximum atomic E-state index is 12.9. The Morgan fingerprint density at radius 2 is 1.86 bits per heavy atom. The fourth-order valence-corrected chi connectivity index (χ4v) is 5.19. The van der Waals surface area contributed by atoms with Crippen LogP contribution >= 0.6 is 11.6 Å². The first-order valence-corrected chi connectivity index (χ1v) is 11.3. The number of halogens is 1. The Labute approximate surface area is 171 Å². The number of sulfonamides is 1. The van der Waals surface area contributed by atoms with Crippen molar-refractivity contribution >= 4 is 27.5 Å². The number of benzene rings is 2. The summed E-state index contributed by atoms with van der Waals surface area (Å²) in [5.74, 6) is -0.455. The molecule has 0 bridgehead atoms. The average molecular weight is 421 g/mol. The number of carbonyl (C=O) groups is 1. The first kappa shape index (κ1) is 20.8. The van der Waals surface area contributed by atoms with Gasteiger partial charge in [-0.2, -0.15) is 4.31 Å². The molecular formula is C21H25ClN2O3S. The number of hydrogen-bond donors (Lipinski definition) is 1. The molecule has 0 radical (unpaired) electrons. The summed E-state index contributed by atoms with van der Waals surface area (Å²) in [5, 5.41) is 3.73. The molecule has 7 heteroatoms. The molecule has 2 aromatic rings. The van der Waals surface area contributed by atoms with E-state index in [0.29, 0.717) is 24.4 Å². The van der Waals surface area contributed by atoms with Crippen LogP contribution in [0, 0.1) is 5.92 Å². The Kier molecular flexibility index (Phi) is 6.75. The zero-order chi connectivity index (χ0) is 20.1. The van der Waals surface area contributed by atoms with Gasteiger partial charge in [-0.3, -0.25) is 4.79 Å². The molecule has 2 unspecified atom stereocenters. The Morgan fingerprint density at radius 3 is 2.50 bits per heavy atom. The largest absolute Gasteiger partial charge is 0.349 e. The van der Waals surface area contributed by atoms with Crippen LogP contribution in [0.15, 0.2) is 59.5 Å². The molecule has 2 aromatic carbocycles. The van der Waals surface area contributed by atoms with Crippen LogP contribution in [0.1, 0.15) is 37.8 Å². The van der Waals surface area contributed by atoms with Gasteiger partial charge in [0.15, 0.2) is 0 Å². The summed E-state index contributed by atoms with van der Waals surface area (Å²) in [6, 6.07) is 15.7. The lowest BCUT2D eigenvalue weighted by atomic mass is 9.97. The predicted octanol–water partition coefficient (Wildman–Crippen LogP) is 4.01. The number of carbonyl (C=O) groups excluding carboxylic acids is 1. The molecule has 1 aliphatic rings. The van der Waals surface area contributed by atoms with Crippen molar-refractivity contribution < 1.29 is 13.2 Å². The van der Waals surface area contributed by atoms with E-state index < -0.39 is 10.0 Å². The van der Waals surface area contributed by atoms with Gasteiger partial charge in [-0.05, 0) is 49.1 Å². The number of hydrogen-bond acceptors (Lipinski definition) is 3. The highest BCUT2D eigenvalue weighted by molar-refractivity contribution is 7.89. The summed E-state index contributed by atoms with van der Waals surface area (Å²) >= 11 is 5.95. The van der Waals surface area contributed by atoms with Crippen molar-refractivity contribution in [2.45, 2.75) is 37.1 Å². The summed E-state index contributed by atoms with van der Waals surface area (Å²) in [5.41, 5.74) is 0.991. The summed E-state index contributed by atoms with van der Waals surface area (Å²) < 4.78 is 27.2. The number of amides is 1. The van der Waals surface area contributed by atoms with Crippen molar-refractivity contribution in [2.24, 2.45) is 5.92 Å². The minimum absolute atomic E-state index is 0.102. The number of nitrogens with one attached hydrogen (secondary N) is 1. The second kappa shape index (κ2) is 9.07. The predicted molar refractivity (Wildman–Crippen MR) is 111 cm³/mol. The van der Waals surface area contributed by atoms with E-state index >= 15 is 0 Å². The first-order chi connectivity index (χ1) is 13.4. The van der Waals surface area contributed by atoms with Gasteiger partial charge in [0.25, 0.3) is 0 Å². The third-order valence-electron chi connectivity index (χ3n) is 5.13. The summed E-state index contributed by atoms with van der Waals surface area (Å²) in [6.07, 6.45) is 2.09. The Balaban J connectivity index is 1.69. The summed E-state index contributed by atoms with van der Waals surface area (Å²) in [7, 11) is -3.58. The topological polar surface area (TPSA) is 66.5 Å². The van der Waals surface area contributed by atoms with Crippen molar-refractivity contribution in [1.29, 1.82) is 0 Å². The third kappa shape index (κ3) is 4.74. The van der Waals surface area contributed by atoms with Gasteiger partial charge >= 0.3 is 0 Å². The molecule has 1 N–H and O–H groups in total. The van der Waals surface area contributed by atoms with Gasteiger partial charge < -0.3 is 5.32 Å². The van der Waals surface area contributed by atoms with E-state index in [1.807, 2.05) is 19.1 Å². The zero-order valence-electron chi connectivity index (χ0n) is 15.8. The Hall–Kier alpha value is -1.89. The molecule has 1 heterocycles. The van der Waals surface area contributed by atoms with E-state index in [0.717, 1.165) is 12.0 Å². The third-order valence-corrected chi connectivity index (χ3v) is 7.26. The highest BCUT2D eigenvalue weighted by Gasteiger charge is 2.33. The second-order valence-electron chi connectivity index (χ2n) is 7.04. The maximum Gasteiger partial charge on any atom is 0.243 e. The summed E-state index contributed by atoms with van der Waals surface area (Å²) in [6.45, 7) is 2.65. The second-order valence-corrected chi connectivity index (χ2v) is 9.41. The Morgan fingerprint density at radius 1 is 1.18 bits per heavy atom. The fourth-order valence-electron chi connectivity index (χ4n) is 3.52. The number of piperidine rings is 1. The van der Waals surface area contributed by atoms with Crippen LogP contribution < -0.4 is 5.32 Å². The van der Waals surface area contributed by atoms with Gasteiger partial charge in [0.1, 0.15) is 0 Å². The van der Waals surface area contributed by atoms with Crippen LogP contribution in [0.25, 0.3) is 0 Å². The van der Waals surface area contributed by atoms with Gasteiger partial charge in [0.05, 0.1) is 16.9 Å². The molecule has 1 saturated heterocycles. The van der Waals surface area contributed by atoms with Gasteiger partial charge in [0.2, 0.25) is 15.9 Å². The maximum absolute atomic E-state index is 12.9. The molecule has 1 aliphatic heterocycles. The van der Waals surface area contributed by atoms with Crippen LogP contribution in [0.5, 0.6) is 0 Å². The lowest BCUT2D eigenvalue weighted by molar-refractivity contribution is -0.126. The normalized spacial score (nSPS) is 19.1. The van der Waals surface area contributed by atoms with Crippen molar-refractivity contribution in [1.82, 2.24) is 9.62 Å². The molecule has 5 nitrogen and oxygen atoms in total. The molecular weight excluding hydrogens is 396 g/mol. The highest BCUT2D eigenvalue weighted by atomic mass is 35.5. The van der Waals surface area contributed by atoms with E-state index in [1.54, 1.807) is 42.5 Å². The lowest BCUT2D eigenvalue weighted by Gasteiger charge is -2.32. The van der Waals surface area contributed by atoms with Gasteiger partial charge in [-0.25, -0.2) is 8.42 Å². The lowest BCUT2D eigenvalue weighted by Crippen LogP contribution is -2.46. The smallest absolute Gasteiger partial charge is 0.243 e. The van der Waals surface area contributed by atoms with Crippen LogP contribution in [-0.4, -0.2) is 31.7 Å². The van der Waals surface area contributed by atoms with E-state index in [-0.39, 0.29) is 29.3 Å². The molecule has 3 rings (SSSR count). The molecule has 2 atom stereocenters. The molecule has 0 aromatic heterocycles. The first-order valence-electron chi connectivity index (χ1n) is 9.53. The van der Waals surface area contributed by atoms with E-state index in [1.165, 1.54) is 4.31 Å². The minimum Gasteiger partial charge on any atom is -0.349 e. The molecule has 1 amide bonds. The van der Waals surface area contributed by atoms with E-state index in [4.69, 9.17) is 11.6 Å². The van der Waals surface area contributed by atoms with Crippen LogP contribution in [-0.2, 0) is 14.8 Å². The van der Waals surface area contributed by atoms with Crippen LogP contribution in [0.4, 0.5) is 0 Å². The standard InChI is InChI=1S/C21H25ClN2O3S/c1-2-20(16-10-12-18(22)13-11-16)23-21(25)17-7-6-14-24(15-17)28(26,27)19-8-4-3-5-9-19/h3-5,8-13,17,20H,2,6-7,14-15H2,1H3,(H,23,25). The molecule has 0 spiro atoms.